The first-order valence-electron chi connectivity index (χ1n) is 10.9. The van der Waals surface area contributed by atoms with Gasteiger partial charge in [-0.2, -0.15) is 17.6 Å². The molecule has 36 heavy (non-hydrogen) atoms. The van der Waals surface area contributed by atoms with Gasteiger partial charge in [0.15, 0.2) is 11.5 Å². The van der Waals surface area contributed by atoms with Gasteiger partial charge >= 0.3 is 13.2 Å². The molecule has 0 aliphatic rings. The van der Waals surface area contributed by atoms with Crippen LogP contribution in [0.5, 0.6) is 11.5 Å². The van der Waals surface area contributed by atoms with Gasteiger partial charge in [0, 0.05) is 24.9 Å². The molecule has 0 aliphatic heterocycles. The Bertz CT molecular complexity index is 1120. The number of pyridine rings is 1. The van der Waals surface area contributed by atoms with Gasteiger partial charge in [-0.25, -0.2) is 0 Å². The van der Waals surface area contributed by atoms with Crippen molar-refractivity contribution in [1.29, 1.82) is 0 Å². The largest absolute Gasteiger partial charge is 0.431 e. The van der Waals surface area contributed by atoms with Crippen LogP contribution >= 0.6 is 11.6 Å². The summed E-state index contributed by atoms with van der Waals surface area (Å²) in [5.74, 6) is -1.75. The van der Waals surface area contributed by atoms with Crippen molar-refractivity contribution in [2.24, 2.45) is 0 Å². The van der Waals surface area contributed by atoms with E-state index in [1.54, 1.807) is 12.1 Å². The quantitative estimate of drug-likeness (QED) is 0.304. The summed E-state index contributed by atoms with van der Waals surface area (Å²) in [6.07, 6.45) is 1.82. The number of amides is 1. The second-order valence-corrected chi connectivity index (χ2v) is 8.05. The first-order chi connectivity index (χ1) is 17.3. The highest BCUT2D eigenvalue weighted by atomic mass is 35.5. The van der Waals surface area contributed by atoms with Crippen molar-refractivity contribution < 1.29 is 31.8 Å². The zero-order chi connectivity index (χ0) is 26.1. The third-order valence-corrected chi connectivity index (χ3v) is 5.56. The lowest BCUT2D eigenvalue weighted by Gasteiger charge is -2.22. The Morgan fingerprint density at radius 2 is 1.64 bits per heavy atom. The Hall–Kier alpha value is -3.37. The summed E-state index contributed by atoms with van der Waals surface area (Å²) in [5.41, 5.74) is 1.79. The van der Waals surface area contributed by atoms with E-state index < -0.39 is 36.7 Å². The molecule has 2 N–H and O–H groups in total. The molecule has 0 aliphatic carbocycles. The second-order valence-electron chi connectivity index (χ2n) is 7.62. The molecule has 6 nitrogen and oxygen atoms in total. The van der Waals surface area contributed by atoms with Crippen LogP contribution in [0.1, 0.15) is 35.2 Å². The summed E-state index contributed by atoms with van der Waals surface area (Å²) in [4.78, 5) is 16.8. The van der Waals surface area contributed by atoms with Gasteiger partial charge in [0.05, 0.1) is 5.02 Å². The minimum atomic E-state index is -3.24. The van der Waals surface area contributed by atoms with Crippen LogP contribution in [0.15, 0.2) is 66.9 Å². The highest BCUT2D eigenvalue weighted by Crippen LogP contribution is 2.36. The molecule has 3 aromatic rings. The van der Waals surface area contributed by atoms with Crippen LogP contribution < -0.4 is 20.1 Å². The molecule has 2 atom stereocenters. The van der Waals surface area contributed by atoms with Gasteiger partial charge in [-0.1, -0.05) is 48.0 Å². The van der Waals surface area contributed by atoms with Crippen molar-refractivity contribution in [1.82, 2.24) is 15.6 Å². The number of nitrogens with zero attached hydrogens (tertiary/aromatic N) is 1. The zero-order valence-corrected chi connectivity index (χ0v) is 19.9. The van der Waals surface area contributed by atoms with Crippen LogP contribution in [0.3, 0.4) is 0 Å². The topological polar surface area (TPSA) is 72.5 Å². The molecule has 0 saturated heterocycles. The molecule has 1 aromatic heterocycles. The molecule has 0 radical (unpaired) electrons. The Morgan fingerprint density at radius 3 is 2.25 bits per heavy atom. The van der Waals surface area contributed by atoms with Crippen LogP contribution in [0.2, 0.25) is 5.02 Å². The van der Waals surface area contributed by atoms with Crippen LogP contribution in [0.4, 0.5) is 17.6 Å². The summed E-state index contributed by atoms with van der Waals surface area (Å²) < 4.78 is 60.2. The van der Waals surface area contributed by atoms with Crippen molar-refractivity contribution in [3.8, 4) is 11.5 Å². The fraction of sp³-hybridized carbons (Fsp3) is 0.280. The lowest BCUT2D eigenvalue weighted by molar-refractivity contribution is -0.122. The Balaban J connectivity index is 1.89. The Morgan fingerprint density at radius 1 is 0.944 bits per heavy atom. The number of likely N-dealkylation sites (N-methyl/N-ethyl adjacent to an activating group) is 1. The summed E-state index contributed by atoms with van der Waals surface area (Å²) >= 11 is 5.97. The van der Waals surface area contributed by atoms with Gasteiger partial charge in [0.1, 0.15) is 6.04 Å². The number of nitrogens with one attached hydrogen (secondary N) is 2. The van der Waals surface area contributed by atoms with E-state index in [0.29, 0.717) is 29.2 Å². The number of hydrogen-bond donors (Lipinski definition) is 2. The molecule has 0 fully saturated rings. The molecule has 0 spiro atoms. The smallest absolute Gasteiger partial charge is 0.387 e. The number of ether oxygens (including phenoxy) is 2. The number of benzene rings is 2. The van der Waals surface area contributed by atoms with Gasteiger partial charge < -0.3 is 20.1 Å². The van der Waals surface area contributed by atoms with E-state index in [1.807, 2.05) is 30.3 Å². The molecule has 1 heterocycles. The van der Waals surface area contributed by atoms with E-state index in [1.165, 1.54) is 25.4 Å². The molecule has 11 heteroatoms. The predicted octanol–water partition coefficient (Wildman–Crippen LogP) is 5.54. The second kappa shape index (κ2) is 13.1. The van der Waals surface area contributed by atoms with Crippen molar-refractivity contribution >= 4 is 17.5 Å². The molecule has 3 rings (SSSR count). The number of aromatic nitrogens is 1. The van der Waals surface area contributed by atoms with Crippen molar-refractivity contribution in [2.45, 2.75) is 31.6 Å². The van der Waals surface area contributed by atoms with Crippen molar-refractivity contribution in [3.05, 3.63) is 88.7 Å². The number of carbonyl (C=O) groups excluding carboxylic acids is 1. The third kappa shape index (κ3) is 7.56. The molecule has 0 bridgehead atoms. The molecular formula is C25H24ClF4N3O3. The average molecular weight is 526 g/mol. The summed E-state index contributed by atoms with van der Waals surface area (Å²) in [6.45, 7) is -6.14. The molecule has 0 saturated carbocycles. The average Bonchev–Trinajstić information content (AvgIpc) is 2.85. The van der Waals surface area contributed by atoms with Gasteiger partial charge in [-0.3, -0.25) is 9.78 Å². The van der Waals surface area contributed by atoms with E-state index in [0.717, 1.165) is 11.6 Å². The summed E-state index contributed by atoms with van der Waals surface area (Å²) in [6, 6.07) is 15.6. The highest BCUT2D eigenvalue weighted by Gasteiger charge is 2.23. The third-order valence-electron chi connectivity index (χ3n) is 5.33. The van der Waals surface area contributed by atoms with E-state index in [2.05, 4.69) is 25.1 Å². The number of carbonyl (C=O) groups is 1. The lowest BCUT2D eigenvalue weighted by atomic mass is 9.91. The molecule has 192 valence electrons. The maximum atomic E-state index is 13.0. The molecule has 2 aromatic carbocycles. The number of halogens is 5. The van der Waals surface area contributed by atoms with Crippen molar-refractivity contribution in [3.63, 3.8) is 0 Å². The van der Waals surface area contributed by atoms with Crippen LogP contribution in [0, 0.1) is 0 Å². The normalized spacial score (nSPS) is 12.9. The number of rotatable bonds is 12. The fourth-order valence-electron chi connectivity index (χ4n) is 3.73. The maximum absolute atomic E-state index is 13.0. The van der Waals surface area contributed by atoms with Gasteiger partial charge in [-0.05, 0) is 48.4 Å². The van der Waals surface area contributed by atoms with E-state index in [4.69, 9.17) is 11.6 Å². The Labute approximate surface area is 210 Å². The molecule has 0 unspecified atom stereocenters. The fourth-order valence-corrected chi connectivity index (χ4v) is 3.84. The van der Waals surface area contributed by atoms with Gasteiger partial charge in [0.2, 0.25) is 5.91 Å². The first kappa shape index (κ1) is 27.2. The number of alkyl halides is 4. The highest BCUT2D eigenvalue weighted by molar-refractivity contribution is 6.30. The summed E-state index contributed by atoms with van der Waals surface area (Å²) in [7, 11) is 1.54. The van der Waals surface area contributed by atoms with Gasteiger partial charge in [-0.15, -0.1) is 0 Å². The first-order valence-corrected chi connectivity index (χ1v) is 11.3. The SMILES string of the molecule is CNC(=O)[C@H](NCC[C@H](c1ccc(OC(F)F)c(OC(F)F)c1)c1ccc(Cl)cn1)c1ccccc1. The predicted molar refractivity (Wildman–Crippen MR) is 127 cm³/mol. The van der Waals surface area contributed by atoms with Gasteiger partial charge in [0.25, 0.3) is 0 Å². The van der Waals surface area contributed by atoms with Crippen molar-refractivity contribution in [2.75, 3.05) is 13.6 Å². The van der Waals surface area contributed by atoms with E-state index in [-0.39, 0.29) is 5.91 Å². The van der Waals surface area contributed by atoms with Crippen LogP contribution in [0.25, 0.3) is 0 Å². The molecular weight excluding hydrogens is 502 g/mol. The lowest BCUT2D eigenvalue weighted by Crippen LogP contribution is -2.36. The minimum Gasteiger partial charge on any atom is -0.431 e. The standard InChI is InChI=1S/C25H24ClF4N3O3/c1-31-23(34)22(15-5-3-2-4-6-15)32-12-11-18(19-9-8-17(26)14-33-19)16-7-10-20(35-24(27)28)21(13-16)36-25(29)30/h2-10,13-14,18,22,24-25,32H,11-12H2,1H3,(H,31,34)/t18-,22-/m1/s1. The monoisotopic (exact) mass is 525 g/mol. The maximum Gasteiger partial charge on any atom is 0.387 e. The minimum absolute atomic E-state index is 0.233. The van der Waals surface area contributed by atoms with E-state index >= 15 is 0 Å². The summed E-state index contributed by atoms with van der Waals surface area (Å²) in [5, 5.41) is 6.24. The zero-order valence-electron chi connectivity index (χ0n) is 19.1. The van der Waals surface area contributed by atoms with Crippen LogP contribution in [-0.2, 0) is 4.79 Å². The number of hydrogen-bond acceptors (Lipinski definition) is 5. The Kier molecular flexibility index (Phi) is 9.89. The van der Waals surface area contributed by atoms with Crippen LogP contribution in [-0.4, -0.2) is 37.7 Å². The van der Waals surface area contributed by atoms with E-state index in [9.17, 15) is 22.4 Å². The molecule has 1 amide bonds.